The first kappa shape index (κ1) is 15.3. The Morgan fingerprint density at radius 2 is 1.60 bits per heavy atom. The molecular formula is C15H27N3O2. The van der Waals surface area contributed by atoms with Crippen molar-refractivity contribution in [3.8, 4) is 0 Å². The van der Waals surface area contributed by atoms with Gasteiger partial charge in [0.15, 0.2) is 0 Å². The third-order valence-corrected chi connectivity index (χ3v) is 4.26. The number of carbonyl (C=O) groups is 2. The van der Waals surface area contributed by atoms with E-state index in [4.69, 9.17) is 0 Å². The molecule has 2 amide bonds. The molecule has 2 rings (SSSR count). The molecule has 2 aliphatic rings. The summed E-state index contributed by atoms with van der Waals surface area (Å²) in [6, 6.07) is -0.231. The number of piperazine rings is 1. The van der Waals surface area contributed by atoms with Gasteiger partial charge in [0.1, 0.15) is 6.04 Å². The van der Waals surface area contributed by atoms with Crippen LogP contribution < -0.4 is 0 Å². The molecule has 20 heavy (non-hydrogen) atoms. The molecule has 1 atom stereocenters. The van der Waals surface area contributed by atoms with E-state index in [9.17, 15) is 9.59 Å². The Balaban J connectivity index is 2.03. The molecule has 0 aromatic heterocycles. The second-order valence-corrected chi connectivity index (χ2v) is 7.04. The van der Waals surface area contributed by atoms with Crippen LogP contribution in [0, 0.1) is 5.41 Å². The summed E-state index contributed by atoms with van der Waals surface area (Å²) in [6.45, 7) is 9.89. The van der Waals surface area contributed by atoms with Gasteiger partial charge in [0.25, 0.3) is 0 Å². The summed E-state index contributed by atoms with van der Waals surface area (Å²) >= 11 is 0. The van der Waals surface area contributed by atoms with E-state index in [1.165, 1.54) is 0 Å². The molecule has 0 aromatic rings. The van der Waals surface area contributed by atoms with Crippen molar-refractivity contribution < 1.29 is 9.59 Å². The molecule has 0 radical (unpaired) electrons. The lowest BCUT2D eigenvalue weighted by atomic mass is 9.94. The van der Waals surface area contributed by atoms with Gasteiger partial charge in [0.2, 0.25) is 11.8 Å². The van der Waals surface area contributed by atoms with Crippen LogP contribution in [0.4, 0.5) is 0 Å². The summed E-state index contributed by atoms with van der Waals surface area (Å²) in [5.74, 6) is 0.246. The van der Waals surface area contributed by atoms with Crippen molar-refractivity contribution in [2.24, 2.45) is 5.41 Å². The van der Waals surface area contributed by atoms with Crippen LogP contribution in [0.2, 0.25) is 0 Å². The number of hydrogen-bond acceptors (Lipinski definition) is 3. The molecule has 0 spiro atoms. The second-order valence-electron chi connectivity index (χ2n) is 7.04. The van der Waals surface area contributed by atoms with E-state index in [-0.39, 0.29) is 17.9 Å². The monoisotopic (exact) mass is 281 g/mol. The Labute approximate surface area is 121 Å². The summed E-state index contributed by atoms with van der Waals surface area (Å²) < 4.78 is 0. The molecule has 2 aliphatic heterocycles. The summed E-state index contributed by atoms with van der Waals surface area (Å²) in [5.41, 5.74) is -0.412. The highest BCUT2D eigenvalue weighted by Crippen LogP contribution is 2.26. The number of amides is 2. The fourth-order valence-corrected chi connectivity index (χ4v) is 2.93. The average Bonchev–Trinajstić information content (AvgIpc) is 2.85. The Bertz CT molecular complexity index is 381. The normalized spacial score (nSPS) is 25.1. The van der Waals surface area contributed by atoms with Crippen LogP contribution in [0.15, 0.2) is 0 Å². The lowest BCUT2D eigenvalue weighted by Gasteiger charge is -2.37. The fourth-order valence-electron chi connectivity index (χ4n) is 2.93. The molecule has 0 N–H and O–H groups in total. The third-order valence-electron chi connectivity index (χ3n) is 4.26. The first-order valence-electron chi connectivity index (χ1n) is 7.59. The topological polar surface area (TPSA) is 43.9 Å². The highest BCUT2D eigenvalue weighted by atomic mass is 16.2. The molecule has 5 nitrogen and oxygen atoms in total. The third kappa shape index (κ3) is 3.14. The molecule has 1 unspecified atom stereocenters. The Hall–Kier alpha value is -1.10. The van der Waals surface area contributed by atoms with Gasteiger partial charge in [0, 0.05) is 38.1 Å². The van der Waals surface area contributed by atoms with Gasteiger partial charge in [-0.2, -0.15) is 0 Å². The number of nitrogens with zero attached hydrogens (tertiary/aromatic N) is 3. The standard InChI is InChI=1S/C15H27N3O2/c1-15(2,3)14(20)18-7-5-6-12(18)13(19)17-10-8-16(4)9-11-17/h12H,5-11H2,1-4H3. The van der Waals surface area contributed by atoms with Crippen LogP contribution in [-0.2, 0) is 9.59 Å². The maximum atomic E-state index is 12.7. The van der Waals surface area contributed by atoms with Gasteiger partial charge in [0.05, 0.1) is 0 Å². The van der Waals surface area contributed by atoms with E-state index >= 15 is 0 Å². The number of hydrogen-bond donors (Lipinski definition) is 0. The van der Waals surface area contributed by atoms with Gasteiger partial charge >= 0.3 is 0 Å². The molecule has 5 heteroatoms. The molecule has 0 saturated carbocycles. The van der Waals surface area contributed by atoms with E-state index in [0.29, 0.717) is 0 Å². The van der Waals surface area contributed by atoms with Gasteiger partial charge in [-0.15, -0.1) is 0 Å². The lowest BCUT2D eigenvalue weighted by molar-refractivity contribution is -0.149. The largest absolute Gasteiger partial charge is 0.338 e. The smallest absolute Gasteiger partial charge is 0.245 e. The van der Waals surface area contributed by atoms with Crippen molar-refractivity contribution in [2.75, 3.05) is 39.8 Å². The van der Waals surface area contributed by atoms with Gasteiger partial charge in [-0.05, 0) is 19.9 Å². The van der Waals surface area contributed by atoms with Gasteiger partial charge in [-0.3, -0.25) is 9.59 Å². The van der Waals surface area contributed by atoms with E-state index < -0.39 is 5.41 Å². The van der Waals surface area contributed by atoms with Gasteiger partial charge in [-0.1, -0.05) is 20.8 Å². The summed E-state index contributed by atoms with van der Waals surface area (Å²) in [5, 5.41) is 0. The van der Waals surface area contributed by atoms with Crippen LogP contribution >= 0.6 is 0 Å². The van der Waals surface area contributed by atoms with E-state index in [0.717, 1.165) is 45.6 Å². The quantitative estimate of drug-likeness (QED) is 0.714. The lowest BCUT2D eigenvalue weighted by Crippen LogP contribution is -2.54. The number of rotatable bonds is 1. The van der Waals surface area contributed by atoms with Crippen LogP contribution in [0.1, 0.15) is 33.6 Å². The SMILES string of the molecule is CN1CCN(C(=O)C2CCCN2C(=O)C(C)(C)C)CC1. The first-order chi connectivity index (χ1) is 9.30. The molecule has 0 aliphatic carbocycles. The number of carbonyl (C=O) groups excluding carboxylic acids is 2. The van der Waals surface area contributed by atoms with Crippen LogP contribution in [0.5, 0.6) is 0 Å². The average molecular weight is 281 g/mol. The van der Waals surface area contributed by atoms with Crippen molar-refractivity contribution in [3.05, 3.63) is 0 Å². The zero-order valence-electron chi connectivity index (χ0n) is 13.2. The predicted molar refractivity (Wildman–Crippen MR) is 78.3 cm³/mol. The predicted octanol–water partition coefficient (Wildman–Crippen LogP) is 0.797. The molecule has 2 fully saturated rings. The van der Waals surface area contributed by atoms with Crippen molar-refractivity contribution in [3.63, 3.8) is 0 Å². The number of likely N-dealkylation sites (tertiary alicyclic amines) is 1. The highest BCUT2D eigenvalue weighted by Gasteiger charge is 2.40. The summed E-state index contributed by atoms with van der Waals surface area (Å²) in [4.78, 5) is 31.1. The zero-order valence-corrected chi connectivity index (χ0v) is 13.2. The van der Waals surface area contributed by atoms with Crippen LogP contribution in [0.25, 0.3) is 0 Å². The molecule has 114 valence electrons. The number of likely N-dealkylation sites (N-methyl/N-ethyl adjacent to an activating group) is 1. The minimum Gasteiger partial charge on any atom is -0.338 e. The van der Waals surface area contributed by atoms with Crippen molar-refractivity contribution in [1.29, 1.82) is 0 Å². The van der Waals surface area contributed by atoms with Crippen molar-refractivity contribution in [2.45, 2.75) is 39.7 Å². The van der Waals surface area contributed by atoms with Crippen LogP contribution in [-0.4, -0.2) is 72.3 Å². The van der Waals surface area contributed by atoms with Crippen molar-refractivity contribution in [1.82, 2.24) is 14.7 Å². The van der Waals surface area contributed by atoms with Crippen LogP contribution in [0.3, 0.4) is 0 Å². The Kier molecular flexibility index (Phi) is 4.37. The first-order valence-corrected chi connectivity index (χ1v) is 7.59. The second kappa shape index (κ2) is 5.72. The minimum absolute atomic E-state index is 0.0995. The van der Waals surface area contributed by atoms with E-state index in [2.05, 4.69) is 11.9 Å². The molecule has 2 saturated heterocycles. The molecular weight excluding hydrogens is 254 g/mol. The Morgan fingerprint density at radius 1 is 1.00 bits per heavy atom. The van der Waals surface area contributed by atoms with Crippen molar-refractivity contribution >= 4 is 11.8 Å². The maximum absolute atomic E-state index is 12.7. The fraction of sp³-hybridized carbons (Fsp3) is 0.867. The molecule has 2 heterocycles. The van der Waals surface area contributed by atoms with E-state index in [1.807, 2.05) is 25.7 Å². The minimum atomic E-state index is -0.412. The molecule has 0 bridgehead atoms. The maximum Gasteiger partial charge on any atom is 0.245 e. The highest BCUT2D eigenvalue weighted by molar-refractivity contribution is 5.90. The Morgan fingerprint density at radius 3 is 2.15 bits per heavy atom. The molecule has 0 aromatic carbocycles. The van der Waals surface area contributed by atoms with E-state index in [1.54, 1.807) is 4.90 Å². The summed E-state index contributed by atoms with van der Waals surface area (Å²) in [6.07, 6.45) is 1.75. The van der Waals surface area contributed by atoms with Gasteiger partial charge in [-0.25, -0.2) is 0 Å². The summed E-state index contributed by atoms with van der Waals surface area (Å²) in [7, 11) is 2.08. The van der Waals surface area contributed by atoms with Gasteiger partial charge < -0.3 is 14.7 Å². The zero-order chi connectivity index (χ0) is 14.9.